The number of alkyl halides is 3. The Kier molecular flexibility index (Phi) is 4.33. The van der Waals surface area contributed by atoms with E-state index in [0.717, 1.165) is 43.4 Å². The Labute approximate surface area is 117 Å². The monoisotopic (exact) mass is 292 g/mol. The fourth-order valence-electron chi connectivity index (χ4n) is 3.14. The molecule has 2 N–H and O–H groups in total. The molecule has 1 amide bonds. The number of rotatable bonds is 5. The van der Waals surface area contributed by atoms with Crippen molar-refractivity contribution in [3.63, 3.8) is 0 Å². The molecular weight excluding hydrogens is 269 g/mol. The molecule has 6 heteroatoms. The minimum Gasteiger partial charge on any atom is -0.331 e. The van der Waals surface area contributed by atoms with Crippen LogP contribution in [0.15, 0.2) is 0 Å². The van der Waals surface area contributed by atoms with E-state index in [1.54, 1.807) is 6.92 Å². The van der Waals surface area contributed by atoms with E-state index < -0.39 is 24.2 Å². The van der Waals surface area contributed by atoms with Crippen LogP contribution in [0.2, 0.25) is 0 Å². The van der Waals surface area contributed by atoms with Crippen molar-refractivity contribution in [2.24, 2.45) is 11.7 Å². The molecule has 0 aromatic rings. The second kappa shape index (κ2) is 5.54. The van der Waals surface area contributed by atoms with Crippen LogP contribution in [0.5, 0.6) is 0 Å². The van der Waals surface area contributed by atoms with Crippen LogP contribution in [-0.2, 0) is 4.79 Å². The summed E-state index contributed by atoms with van der Waals surface area (Å²) in [5, 5.41) is 0. The van der Waals surface area contributed by atoms with Gasteiger partial charge in [-0.15, -0.1) is 0 Å². The maximum absolute atomic E-state index is 12.7. The van der Waals surface area contributed by atoms with Crippen molar-refractivity contribution in [1.29, 1.82) is 0 Å². The fourth-order valence-corrected chi connectivity index (χ4v) is 3.14. The Morgan fingerprint density at radius 3 is 2.35 bits per heavy atom. The lowest BCUT2D eigenvalue weighted by atomic mass is 9.93. The summed E-state index contributed by atoms with van der Waals surface area (Å²) in [6, 6.07) is -0.339. The van der Waals surface area contributed by atoms with Gasteiger partial charge in [0.2, 0.25) is 5.91 Å². The molecule has 0 saturated heterocycles. The Balaban J connectivity index is 2.02. The van der Waals surface area contributed by atoms with Crippen molar-refractivity contribution < 1.29 is 18.0 Å². The van der Waals surface area contributed by atoms with E-state index in [0.29, 0.717) is 0 Å². The lowest BCUT2D eigenvalue weighted by molar-refractivity contribution is -0.166. The summed E-state index contributed by atoms with van der Waals surface area (Å²) < 4.78 is 38.1. The number of nitrogens with two attached hydrogens (primary N) is 1. The van der Waals surface area contributed by atoms with Gasteiger partial charge in [0.05, 0.1) is 0 Å². The van der Waals surface area contributed by atoms with Crippen LogP contribution < -0.4 is 5.73 Å². The standard InChI is InChI=1S/C14H23F3N2O/c1-10(11-4-5-11)19(9-14(15,16)17)12(20)8-13(18)6-2-3-7-13/h10-11H,2-9,18H2,1H3. The summed E-state index contributed by atoms with van der Waals surface area (Å²) in [7, 11) is 0. The number of hydrogen-bond donors (Lipinski definition) is 1. The van der Waals surface area contributed by atoms with Crippen molar-refractivity contribution >= 4 is 5.91 Å². The van der Waals surface area contributed by atoms with Crippen LogP contribution in [0.4, 0.5) is 13.2 Å². The lowest BCUT2D eigenvalue weighted by Crippen LogP contribution is -2.49. The van der Waals surface area contributed by atoms with E-state index in [1.807, 2.05) is 0 Å². The van der Waals surface area contributed by atoms with Gasteiger partial charge in [-0.25, -0.2) is 0 Å². The number of carbonyl (C=O) groups is 1. The first-order valence-electron chi connectivity index (χ1n) is 7.35. The fraction of sp³-hybridized carbons (Fsp3) is 0.929. The maximum Gasteiger partial charge on any atom is 0.406 e. The summed E-state index contributed by atoms with van der Waals surface area (Å²) in [6.45, 7) is 0.568. The highest BCUT2D eigenvalue weighted by molar-refractivity contribution is 5.78. The third-order valence-corrected chi connectivity index (χ3v) is 4.57. The first-order chi connectivity index (χ1) is 9.20. The van der Waals surface area contributed by atoms with E-state index in [4.69, 9.17) is 5.73 Å². The van der Waals surface area contributed by atoms with Gasteiger partial charge < -0.3 is 10.6 Å². The minimum absolute atomic E-state index is 0.0418. The SMILES string of the molecule is CC(C1CC1)N(CC(F)(F)F)C(=O)CC1(N)CCCC1. The molecule has 0 heterocycles. The normalized spacial score (nSPS) is 23.6. The zero-order valence-corrected chi connectivity index (χ0v) is 11.9. The van der Waals surface area contributed by atoms with Crippen LogP contribution in [0.3, 0.4) is 0 Å². The molecule has 20 heavy (non-hydrogen) atoms. The Morgan fingerprint density at radius 1 is 1.35 bits per heavy atom. The highest BCUT2D eigenvalue weighted by atomic mass is 19.4. The summed E-state index contributed by atoms with van der Waals surface area (Å²) >= 11 is 0. The molecule has 3 nitrogen and oxygen atoms in total. The topological polar surface area (TPSA) is 46.3 Å². The van der Waals surface area contributed by atoms with Crippen LogP contribution in [0, 0.1) is 5.92 Å². The van der Waals surface area contributed by atoms with Gasteiger partial charge in [0.1, 0.15) is 6.54 Å². The first-order valence-corrected chi connectivity index (χ1v) is 7.35. The van der Waals surface area contributed by atoms with Gasteiger partial charge in [0.25, 0.3) is 0 Å². The van der Waals surface area contributed by atoms with Crippen molar-refractivity contribution in [1.82, 2.24) is 4.90 Å². The van der Waals surface area contributed by atoms with Crippen LogP contribution in [0.25, 0.3) is 0 Å². The van der Waals surface area contributed by atoms with Crippen molar-refractivity contribution in [2.45, 2.75) is 69.6 Å². The van der Waals surface area contributed by atoms with Crippen LogP contribution >= 0.6 is 0 Å². The molecule has 0 spiro atoms. The number of amides is 1. The highest BCUT2D eigenvalue weighted by Gasteiger charge is 2.42. The molecule has 2 saturated carbocycles. The number of carbonyl (C=O) groups excluding carboxylic acids is 1. The molecule has 2 fully saturated rings. The van der Waals surface area contributed by atoms with Crippen LogP contribution in [0.1, 0.15) is 51.9 Å². The van der Waals surface area contributed by atoms with Gasteiger partial charge in [-0.3, -0.25) is 4.79 Å². The van der Waals surface area contributed by atoms with Gasteiger partial charge in [-0.05, 0) is 38.5 Å². The summed E-state index contributed by atoms with van der Waals surface area (Å²) in [5.41, 5.74) is 5.53. The Hall–Kier alpha value is -0.780. The predicted molar refractivity (Wildman–Crippen MR) is 70.0 cm³/mol. The number of nitrogens with zero attached hydrogens (tertiary/aromatic N) is 1. The largest absolute Gasteiger partial charge is 0.406 e. The van der Waals surface area contributed by atoms with Gasteiger partial charge >= 0.3 is 6.18 Å². The summed E-state index contributed by atoms with van der Waals surface area (Å²) in [5.74, 6) is -0.218. The van der Waals surface area contributed by atoms with Gasteiger partial charge in [0.15, 0.2) is 0 Å². The first kappa shape index (κ1) is 15.6. The molecule has 0 bridgehead atoms. The minimum atomic E-state index is -4.35. The molecule has 0 aromatic heterocycles. The second-order valence-electron chi connectivity index (χ2n) is 6.46. The van der Waals surface area contributed by atoms with Gasteiger partial charge in [0, 0.05) is 18.0 Å². The predicted octanol–water partition coefficient (Wildman–Crippen LogP) is 2.84. The van der Waals surface area contributed by atoms with Crippen molar-refractivity contribution in [3.05, 3.63) is 0 Å². The van der Waals surface area contributed by atoms with E-state index in [1.165, 1.54) is 0 Å². The molecule has 0 radical (unpaired) electrons. The number of hydrogen-bond acceptors (Lipinski definition) is 2. The van der Waals surface area contributed by atoms with Gasteiger partial charge in [-0.2, -0.15) is 13.2 Å². The average Bonchev–Trinajstić information content (AvgIpc) is 3.08. The van der Waals surface area contributed by atoms with Gasteiger partial charge in [-0.1, -0.05) is 12.8 Å². The molecule has 1 atom stereocenters. The van der Waals surface area contributed by atoms with Crippen molar-refractivity contribution in [2.75, 3.05) is 6.54 Å². The maximum atomic E-state index is 12.7. The third kappa shape index (κ3) is 4.11. The molecule has 2 aliphatic rings. The molecule has 0 aliphatic heterocycles. The zero-order valence-electron chi connectivity index (χ0n) is 11.9. The Morgan fingerprint density at radius 2 is 1.90 bits per heavy atom. The smallest absolute Gasteiger partial charge is 0.331 e. The average molecular weight is 292 g/mol. The zero-order chi connectivity index (χ0) is 15.0. The van der Waals surface area contributed by atoms with E-state index in [-0.39, 0.29) is 18.4 Å². The molecule has 2 aliphatic carbocycles. The van der Waals surface area contributed by atoms with Crippen molar-refractivity contribution in [3.8, 4) is 0 Å². The molecule has 116 valence electrons. The van der Waals surface area contributed by atoms with E-state index >= 15 is 0 Å². The number of halogens is 3. The molecule has 2 rings (SSSR count). The summed E-state index contributed by atoms with van der Waals surface area (Å²) in [6.07, 6.45) is 0.902. The Bertz CT molecular complexity index is 360. The molecule has 1 unspecified atom stereocenters. The third-order valence-electron chi connectivity index (χ3n) is 4.57. The molecule has 0 aromatic carbocycles. The van der Waals surface area contributed by atoms with Crippen LogP contribution in [-0.4, -0.2) is 35.1 Å². The van der Waals surface area contributed by atoms with E-state index in [2.05, 4.69) is 0 Å². The summed E-state index contributed by atoms with van der Waals surface area (Å²) in [4.78, 5) is 13.3. The lowest BCUT2D eigenvalue weighted by Gasteiger charge is -2.33. The highest BCUT2D eigenvalue weighted by Crippen LogP contribution is 2.37. The quantitative estimate of drug-likeness (QED) is 0.847. The van der Waals surface area contributed by atoms with E-state index in [9.17, 15) is 18.0 Å². The second-order valence-corrected chi connectivity index (χ2v) is 6.46. The molecular formula is C14H23F3N2O.